The zero-order chi connectivity index (χ0) is 66.0. The van der Waals surface area contributed by atoms with Gasteiger partial charge in [-0.25, -0.2) is 29.9 Å². The van der Waals surface area contributed by atoms with Gasteiger partial charge in [-0.1, -0.05) is 146 Å². The van der Waals surface area contributed by atoms with Crippen molar-refractivity contribution < 1.29 is 8.78 Å². The molecular weight excluding hydrogens is 1220 g/mol. The average Bonchev–Trinajstić information content (AvgIpc) is 0.727. The number of thiophene rings is 2. The van der Waals surface area contributed by atoms with Crippen molar-refractivity contribution in [3.63, 3.8) is 0 Å². The number of hydrogen-bond acceptors (Lipinski definition) is 8. The molecule has 0 aliphatic rings. The second kappa shape index (κ2) is 22.0. The average molecular weight is 1280 g/mol. The molecular formula is C86H64F2N6S2. The summed E-state index contributed by atoms with van der Waals surface area (Å²) in [5, 5.41) is 24.2. The standard InChI is InChI=1S/C34H26N2.C30H22N2S2.C22H16F2N2/c1-19-15-17-25-29-27(19)21(3)31(23-11-7-5-8-12-23)35-33(29)26-18-16-20(2)28-22(4)32(36-34(25)30(26)28)24-13-9-6-10-14-24;1-15-9-11-19-25-23(15)17(3)27(21-7-5-13-33-21)31-29(25)20-12-10-16(2)24-18(4)28(22-8-6-14-34-22)32-30(19)26(20)24;1-9-5-7-13-17-15(9)11(3)21(23)25-19(17)14-8-6-10(2)16-12(4)22(24)26-20(13)18(14)16/h5-18H,1-4H3;5-14H,1-4H3;5-8H,1-4H3. The van der Waals surface area contributed by atoms with Crippen LogP contribution in [0.25, 0.3) is 174 Å². The van der Waals surface area contributed by atoms with Gasteiger partial charge in [0, 0.05) is 86.9 Å². The van der Waals surface area contributed by atoms with Crippen molar-refractivity contribution in [1.29, 1.82) is 0 Å². The minimum Gasteiger partial charge on any atom is -0.247 e. The molecule has 11 aromatic carbocycles. The lowest BCUT2D eigenvalue weighted by Gasteiger charge is -2.21. The molecule has 8 aromatic heterocycles. The molecule has 0 saturated heterocycles. The molecule has 0 aliphatic carbocycles. The molecule has 0 aliphatic heterocycles. The van der Waals surface area contributed by atoms with Crippen LogP contribution in [0.2, 0.25) is 0 Å². The van der Waals surface area contributed by atoms with Gasteiger partial charge in [-0.3, -0.25) is 0 Å². The van der Waals surface area contributed by atoms with Gasteiger partial charge in [-0.15, -0.1) is 22.7 Å². The summed E-state index contributed by atoms with van der Waals surface area (Å²) in [7, 11) is 0. The van der Waals surface area contributed by atoms with Crippen molar-refractivity contribution in [3.8, 4) is 43.7 Å². The molecule has 0 N–H and O–H groups in total. The summed E-state index contributed by atoms with van der Waals surface area (Å²) >= 11 is 3.51. The molecule has 8 heterocycles. The molecule has 0 atom stereocenters. The van der Waals surface area contributed by atoms with E-state index in [4.69, 9.17) is 19.9 Å². The van der Waals surface area contributed by atoms with E-state index >= 15 is 0 Å². The summed E-state index contributed by atoms with van der Waals surface area (Å²) in [6, 6.07) is 55.5. The Morgan fingerprint density at radius 3 is 0.729 bits per heavy atom. The quantitative estimate of drug-likeness (QED) is 0.0993. The van der Waals surface area contributed by atoms with Crippen LogP contribution in [0.5, 0.6) is 0 Å². The van der Waals surface area contributed by atoms with Gasteiger partial charge in [0.25, 0.3) is 0 Å². The summed E-state index contributed by atoms with van der Waals surface area (Å²) in [5.74, 6) is -0.923. The summed E-state index contributed by atoms with van der Waals surface area (Å²) in [4.78, 5) is 32.5. The van der Waals surface area contributed by atoms with Crippen molar-refractivity contribution in [2.24, 2.45) is 0 Å². The molecule has 0 unspecified atom stereocenters. The summed E-state index contributed by atoms with van der Waals surface area (Å²) in [6.07, 6.45) is 0. The maximum Gasteiger partial charge on any atom is 0.216 e. The fourth-order valence-electron chi connectivity index (χ4n) is 16.2. The number of aromatic nitrogens is 6. The number of nitrogens with zero attached hydrogens (tertiary/aromatic N) is 6. The van der Waals surface area contributed by atoms with Crippen molar-refractivity contribution >= 4 is 153 Å². The van der Waals surface area contributed by atoms with E-state index in [1.807, 2.05) is 38.1 Å². The van der Waals surface area contributed by atoms with Gasteiger partial charge in [0.05, 0.1) is 65.6 Å². The number of pyridine rings is 6. The number of hydrogen-bond donors (Lipinski definition) is 0. The van der Waals surface area contributed by atoms with Crippen molar-refractivity contribution in [1.82, 2.24) is 29.9 Å². The predicted molar refractivity (Wildman–Crippen MR) is 404 cm³/mol. The second-order valence-electron chi connectivity index (χ2n) is 26.3. The van der Waals surface area contributed by atoms with E-state index in [9.17, 15) is 8.78 Å². The summed E-state index contributed by atoms with van der Waals surface area (Å²) < 4.78 is 29.3. The summed E-state index contributed by atoms with van der Waals surface area (Å²) in [6.45, 7) is 25.1. The normalized spacial score (nSPS) is 12.1. The van der Waals surface area contributed by atoms with Gasteiger partial charge in [-0.05, 0) is 194 Å². The molecule has 0 spiro atoms. The highest BCUT2D eigenvalue weighted by Gasteiger charge is 2.27. The minimum atomic E-state index is -0.461. The Labute approximate surface area is 561 Å². The van der Waals surface area contributed by atoms with E-state index in [1.165, 1.54) is 119 Å². The Bertz CT molecular complexity index is 6070. The highest BCUT2D eigenvalue weighted by Crippen LogP contribution is 2.49. The lowest BCUT2D eigenvalue weighted by Crippen LogP contribution is -2.01. The molecule has 464 valence electrons. The molecule has 19 aromatic rings. The third-order valence-electron chi connectivity index (χ3n) is 20.6. The van der Waals surface area contributed by atoms with Crippen LogP contribution >= 0.6 is 22.7 Å². The van der Waals surface area contributed by atoms with Gasteiger partial charge in [0.1, 0.15) is 0 Å². The zero-order valence-electron chi connectivity index (χ0n) is 55.4. The van der Waals surface area contributed by atoms with E-state index in [2.05, 4.69) is 210 Å². The number of rotatable bonds is 4. The van der Waals surface area contributed by atoms with Crippen LogP contribution in [0.15, 0.2) is 168 Å². The largest absolute Gasteiger partial charge is 0.247 e. The number of fused-ring (bicyclic) bond motifs is 6. The first-order valence-electron chi connectivity index (χ1n) is 32.6. The van der Waals surface area contributed by atoms with Gasteiger partial charge in [0.2, 0.25) is 11.9 Å². The first-order valence-corrected chi connectivity index (χ1v) is 34.4. The fraction of sp³-hybridized carbons (Fsp3) is 0.140. The van der Waals surface area contributed by atoms with Crippen LogP contribution in [0.1, 0.15) is 66.8 Å². The van der Waals surface area contributed by atoms with E-state index < -0.39 is 11.9 Å². The smallest absolute Gasteiger partial charge is 0.216 e. The number of benzene rings is 11. The zero-order valence-corrected chi connectivity index (χ0v) is 57.1. The highest BCUT2D eigenvalue weighted by molar-refractivity contribution is 7.13. The Hall–Kier alpha value is -10.5. The SMILES string of the molecule is Cc1ccc2c3nc(-c4ccccc4)c(C)c4c(C)ccc(c5nc(-c6ccccc6)c(C)c1c25)c43.Cc1ccc2c3nc(-c4cccs4)c(C)c4c(C)ccc(c5nc(-c6cccs6)c(C)c1c25)c43.Cc1ccc2c3nc(F)c(C)c4c(C)ccc(c5nc(F)c(C)c1c25)c43. The van der Waals surface area contributed by atoms with Crippen molar-refractivity contribution in [3.05, 3.63) is 247 Å². The third kappa shape index (κ3) is 8.57. The molecule has 0 radical (unpaired) electrons. The Morgan fingerprint density at radius 2 is 0.469 bits per heavy atom. The van der Waals surface area contributed by atoms with E-state index in [0.717, 1.165) is 99.4 Å². The Balaban J connectivity index is 0.000000110. The van der Waals surface area contributed by atoms with Gasteiger partial charge in [-0.2, -0.15) is 8.78 Å². The fourth-order valence-corrected chi connectivity index (χ4v) is 17.7. The Morgan fingerprint density at radius 1 is 0.229 bits per heavy atom. The minimum absolute atomic E-state index is 0.461. The van der Waals surface area contributed by atoms with Crippen molar-refractivity contribution in [2.75, 3.05) is 0 Å². The van der Waals surface area contributed by atoms with Gasteiger partial charge >= 0.3 is 0 Å². The number of halogens is 2. The molecule has 0 fully saturated rings. The molecule has 10 heteroatoms. The predicted octanol–water partition coefficient (Wildman–Crippen LogP) is 24.4. The lowest BCUT2D eigenvalue weighted by atomic mass is 9.87. The Kier molecular flexibility index (Phi) is 13.6. The van der Waals surface area contributed by atoms with Crippen LogP contribution in [-0.4, -0.2) is 29.9 Å². The monoisotopic (exact) mass is 1280 g/mol. The molecule has 6 nitrogen and oxygen atoms in total. The van der Waals surface area contributed by atoms with Crippen LogP contribution in [0.3, 0.4) is 0 Å². The first kappa shape index (κ1) is 59.2. The maximum absolute atomic E-state index is 14.6. The first-order chi connectivity index (χ1) is 46.5. The molecule has 0 amide bonds. The highest BCUT2D eigenvalue weighted by atomic mass is 32.1. The van der Waals surface area contributed by atoms with E-state index in [0.29, 0.717) is 22.2 Å². The van der Waals surface area contributed by atoms with Crippen LogP contribution in [0, 0.1) is 95.0 Å². The van der Waals surface area contributed by atoms with Crippen molar-refractivity contribution in [2.45, 2.75) is 83.1 Å². The van der Waals surface area contributed by atoms with E-state index in [1.54, 1.807) is 36.5 Å². The molecule has 0 saturated carbocycles. The van der Waals surface area contributed by atoms with Gasteiger partial charge in [0.15, 0.2) is 0 Å². The van der Waals surface area contributed by atoms with Crippen LogP contribution < -0.4 is 0 Å². The lowest BCUT2D eigenvalue weighted by molar-refractivity contribution is 0.581. The van der Waals surface area contributed by atoms with Gasteiger partial charge < -0.3 is 0 Å². The molecule has 96 heavy (non-hydrogen) atoms. The molecule has 19 rings (SSSR count). The number of aryl methyl sites for hydroxylation is 12. The van der Waals surface area contributed by atoms with E-state index in [-0.39, 0.29) is 0 Å². The topological polar surface area (TPSA) is 77.3 Å². The van der Waals surface area contributed by atoms with Crippen LogP contribution in [-0.2, 0) is 0 Å². The second-order valence-corrected chi connectivity index (χ2v) is 28.2. The molecule has 0 bridgehead atoms. The van der Waals surface area contributed by atoms with Crippen LogP contribution in [0.4, 0.5) is 8.78 Å². The maximum atomic E-state index is 14.6. The third-order valence-corrected chi connectivity index (χ3v) is 22.4. The summed E-state index contributed by atoms with van der Waals surface area (Å²) in [5.41, 5.74) is 25.2.